The van der Waals surface area contributed by atoms with E-state index in [2.05, 4.69) is 20.7 Å². The van der Waals surface area contributed by atoms with Gasteiger partial charge in [-0.05, 0) is 25.8 Å². The number of rotatable bonds is 7. The van der Waals surface area contributed by atoms with Crippen LogP contribution in [0.4, 0.5) is 0 Å². The van der Waals surface area contributed by atoms with Gasteiger partial charge in [-0.2, -0.15) is 15.0 Å². The molecule has 0 bridgehead atoms. The highest BCUT2D eigenvalue weighted by molar-refractivity contribution is 5.76. The van der Waals surface area contributed by atoms with E-state index in [0.29, 0.717) is 19.4 Å². The predicted molar refractivity (Wildman–Crippen MR) is 91.6 cm³/mol. The average Bonchev–Trinajstić information content (AvgIpc) is 3.24. The third kappa shape index (κ3) is 4.32. The molecule has 7 nitrogen and oxygen atoms in total. The Morgan fingerprint density at radius 2 is 1.92 bits per heavy atom. The number of amides is 1. The van der Waals surface area contributed by atoms with Crippen molar-refractivity contribution in [2.24, 2.45) is 0 Å². The highest BCUT2D eigenvalue weighted by Gasteiger charge is 2.17. The molecule has 0 saturated carbocycles. The van der Waals surface area contributed by atoms with E-state index in [1.165, 1.54) is 0 Å². The Balaban J connectivity index is 1.66. The van der Waals surface area contributed by atoms with Gasteiger partial charge in [-0.15, -0.1) is 0 Å². The summed E-state index contributed by atoms with van der Waals surface area (Å²) in [5.41, 5.74) is 2.86. The van der Waals surface area contributed by atoms with Crippen LogP contribution in [0, 0.1) is 13.8 Å². The van der Waals surface area contributed by atoms with Crippen molar-refractivity contribution in [1.29, 1.82) is 0 Å². The van der Waals surface area contributed by atoms with Crippen molar-refractivity contribution in [3.05, 3.63) is 65.3 Å². The Labute approximate surface area is 146 Å². The molecule has 1 amide bonds. The zero-order chi connectivity index (χ0) is 17.6. The summed E-state index contributed by atoms with van der Waals surface area (Å²) in [5, 5.41) is 15.3. The van der Waals surface area contributed by atoms with Gasteiger partial charge in [0.25, 0.3) is 0 Å². The zero-order valence-electron chi connectivity index (χ0n) is 14.3. The highest BCUT2D eigenvalue weighted by Crippen LogP contribution is 2.17. The Morgan fingerprint density at radius 1 is 1.20 bits per heavy atom. The number of carbonyl (C=O) groups excluding carboxylic acids is 1. The molecule has 2 heterocycles. The van der Waals surface area contributed by atoms with Gasteiger partial charge in [-0.25, -0.2) is 0 Å². The minimum atomic E-state index is -0.189. The summed E-state index contributed by atoms with van der Waals surface area (Å²) >= 11 is 0. The minimum absolute atomic E-state index is 0.0268. The van der Waals surface area contributed by atoms with Crippen LogP contribution in [0.1, 0.15) is 35.0 Å². The third-order valence-electron chi connectivity index (χ3n) is 4.13. The fourth-order valence-corrected chi connectivity index (χ4v) is 2.78. The van der Waals surface area contributed by atoms with Crippen LogP contribution < -0.4 is 5.32 Å². The lowest BCUT2D eigenvalue weighted by atomic mass is 10.1. The van der Waals surface area contributed by atoms with Crippen LogP contribution in [-0.4, -0.2) is 26.1 Å². The molecule has 0 radical (unpaired) electrons. The van der Waals surface area contributed by atoms with Gasteiger partial charge in [0.1, 0.15) is 5.76 Å². The van der Waals surface area contributed by atoms with Crippen LogP contribution >= 0.6 is 0 Å². The Bertz CT molecular complexity index is 792. The molecule has 7 heteroatoms. The van der Waals surface area contributed by atoms with Gasteiger partial charge in [0.05, 0.1) is 30.7 Å². The maximum absolute atomic E-state index is 12.5. The Hall–Kier alpha value is -2.96. The molecule has 2 aromatic heterocycles. The quantitative estimate of drug-likeness (QED) is 0.714. The second-order valence-corrected chi connectivity index (χ2v) is 5.92. The van der Waals surface area contributed by atoms with Gasteiger partial charge in [0, 0.05) is 12.0 Å². The Kier molecular flexibility index (Phi) is 5.23. The largest absolute Gasteiger partial charge is 0.361 e. The fraction of sp³-hybridized carbons (Fsp3) is 0.333. The predicted octanol–water partition coefficient (Wildman–Crippen LogP) is 2.37. The lowest BCUT2D eigenvalue weighted by Gasteiger charge is -2.18. The molecular weight excluding hydrogens is 318 g/mol. The van der Waals surface area contributed by atoms with Crippen molar-refractivity contribution in [1.82, 2.24) is 25.5 Å². The van der Waals surface area contributed by atoms with Gasteiger partial charge >= 0.3 is 0 Å². The lowest BCUT2D eigenvalue weighted by molar-refractivity contribution is -0.121. The van der Waals surface area contributed by atoms with E-state index in [1.807, 2.05) is 44.2 Å². The van der Waals surface area contributed by atoms with Crippen molar-refractivity contribution < 1.29 is 9.32 Å². The normalized spacial score (nSPS) is 12.1. The van der Waals surface area contributed by atoms with E-state index in [9.17, 15) is 4.79 Å². The number of hydrogen-bond donors (Lipinski definition) is 1. The minimum Gasteiger partial charge on any atom is -0.361 e. The summed E-state index contributed by atoms with van der Waals surface area (Å²) in [6.07, 6.45) is 4.23. The summed E-state index contributed by atoms with van der Waals surface area (Å²) in [4.78, 5) is 14.0. The monoisotopic (exact) mass is 339 g/mol. The van der Waals surface area contributed by atoms with Crippen molar-refractivity contribution >= 4 is 5.91 Å². The Morgan fingerprint density at radius 3 is 2.56 bits per heavy atom. The first-order valence-electron chi connectivity index (χ1n) is 8.23. The van der Waals surface area contributed by atoms with Gasteiger partial charge < -0.3 is 9.84 Å². The molecule has 1 unspecified atom stereocenters. The topological polar surface area (TPSA) is 85.8 Å². The molecule has 3 aromatic rings. The van der Waals surface area contributed by atoms with E-state index < -0.39 is 0 Å². The van der Waals surface area contributed by atoms with Crippen molar-refractivity contribution in [3.63, 3.8) is 0 Å². The van der Waals surface area contributed by atoms with E-state index in [-0.39, 0.29) is 11.9 Å². The molecule has 130 valence electrons. The number of aryl methyl sites for hydroxylation is 2. The van der Waals surface area contributed by atoms with Crippen LogP contribution in [0.15, 0.2) is 47.2 Å². The molecule has 0 aliphatic carbocycles. The molecule has 25 heavy (non-hydrogen) atoms. The van der Waals surface area contributed by atoms with E-state index in [4.69, 9.17) is 4.52 Å². The second-order valence-electron chi connectivity index (χ2n) is 5.92. The van der Waals surface area contributed by atoms with Crippen LogP contribution in [-0.2, 0) is 17.8 Å². The maximum Gasteiger partial charge on any atom is 0.220 e. The molecule has 0 aliphatic rings. The number of nitrogens with zero attached hydrogens (tertiary/aromatic N) is 4. The standard InChI is InChI=1S/C18H21N5O2/c1-13-16(14(2)25-22-13)8-9-18(24)21-17(12-23-19-10-11-20-23)15-6-4-3-5-7-15/h3-7,10-11,17H,8-9,12H2,1-2H3,(H,21,24). The molecule has 1 N–H and O–H groups in total. The number of hydrogen-bond acceptors (Lipinski definition) is 5. The second kappa shape index (κ2) is 7.74. The SMILES string of the molecule is Cc1noc(C)c1CCC(=O)NC(Cn1nccn1)c1ccccc1. The summed E-state index contributed by atoms with van der Waals surface area (Å²) in [7, 11) is 0. The van der Waals surface area contributed by atoms with E-state index in [0.717, 1.165) is 22.6 Å². The fourth-order valence-electron chi connectivity index (χ4n) is 2.78. The molecule has 1 atom stereocenters. The first kappa shape index (κ1) is 16.9. The van der Waals surface area contributed by atoms with Crippen molar-refractivity contribution in [2.75, 3.05) is 0 Å². The summed E-state index contributed by atoms with van der Waals surface area (Å²) in [5.74, 6) is 0.742. The third-order valence-corrected chi connectivity index (χ3v) is 4.13. The average molecular weight is 339 g/mol. The van der Waals surface area contributed by atoms with Crippen molar-refractivity contribution in [2.45, 2.75) is 39.3 Å². The van der Waals surface area contributed by atoms with Crippen LogP contribution in [0.2, 0.25) is 0 Å². The molecule has 0 spiro atoms. The molecule has 0 saturated heterocycles. The summed E-state index contributed by atoms with van der Waals surface area (Å²) < 4.78 is 5.15. The van der Waals surface area contributed by atoms with E-state index >= 15 is 0 Å². The zero-order valence-corrected chi connectivity index (χ0v) is 14.3. The molecule has 0 fully saturated rings. The number of nitrogens with one attached hydrogen (secondary N) is 1. The van der Waals surface area contributed by atoms with Crippen molar-refractivity contribution in [3.8, 4) is 0 Å². The van der Waals surface area contributed by atoms with Gasteiger partial charge in [0.15, 0.2) is 0 Å². The van der Waals surface area contributed by atoms with Gasteiger partial charge in [-0.3, -0.25) is 4.79 Å². The first-order valence-corrected chi connectivity index (χ1v) is 8.23. The summed E-state index contributed by atoms with van der Waals surface area (Å²) in [6.45, 7) is 4.23. The molecular formula is C18H21N5O2. The smallest absolute Gasteiger partial charge is 0.220 e. The lowest BCUT2D eigenvalue weighted by Crippen LogP contribution is -2.32. The maximum atomic E-state index is 12.5. The number of benzene rings is 1. The number of carbonyl (C=O) groups is 1. The summed E-state index contributed by atoms with van der Waals surface area (Å²) in [6, 6.07) is 9.65. The molecule has 1 aromatic carbocycles. The van der Waals surface area contributed by atoms with Crippen LogP contribution in [0.3, 0.4) is 0 Å². The first-order chi connectivity index (χ1) is 12.1. The van der Waals surface area contributed by atoms with Crippen LogP contribution in [0.25, 0.3) is 0 Å². The van der Waals surface area contributed by atoms with Crippen LogP contribution in [0.5, 0.6) is 0 Å². The highest BCUT2D eigenvalue weighted by atomic mass is 16.5. The van der Waals surface area contributed by atoms with Gasteiger partial charge in [-0.1, -0.05) is 35.5 Å². The molecule has 0 aliphatic heterocycles. The van der Waals surface area contributed by atoms with Gasteiger partial charge in [0.2, 0.25) is 5.91 Å². The molecule has 3 rings (SSSR count). The van der Waals surface area contributed by atoms with E-state index in [1.54, 1.807) is 17.2 Å². The number of aromatic nitrogens is 4.